The molecular formula is C18H23N3O4. The first kappa shape index (κ1) is 17.3. The summed E-state index contributed by atoms with van der Waals surface area (Å²) in [6, 6.07) is 7.60. The smallest absolute Gasteiger partial charge is 0.329 e. The van der Waals surface area contributed by atoms with Gasteiger partial charge < -0.3 is 10.0 Å². The molecule has 0 saturated carbocycles. The summed E-state index contributed by atoms with van der Waals surface area (Å²) < 4.78 is 3.39. The molecule has 1 atom stereocenters. The Kier molecular flexibility index (Phi) is 4.92. The van der Waals surface area contributed by atoms with Crippen molar-refractivity contribution in [2.45, 2.75) is 39.3 Å². The number of carbonyl (C=O) groups is 2. The summed E-state index contributed by atoms with van der Waals surface area (Å²) in [6.45, 7) is 3.72. The van der Waals surface area contributed by atoms with Crippen LogP contribution in [0.2, 0.25) is 0 Å². The Bertz CT molecular complexity index is 852. The monoisotopic (exact) mass is 345 g/mol. The molecule has 1 amide bonds. The van der Waals surface area contributed by atoms with Gasteiger partial charge in [0.15, 0.2) is 0 Å². The van der Waals surface area contributed by atoms with Crippen LogP contribution in [0.15, 0.2) is 29.1 Å². The lowest BCUT2D eigenvalue weighted by molar-refractivity contribution is -0.141. The number of rotatable bonds is 6. The molecule has 1 fully saturated rings. The number of hydrogen-bond donors (Lipinski definition) is 1. The number of aryl methyl sites for hydroxylation is 2. The topological polar surface area (TPSA) is 84.5 Å². The van der Waals surface area contributed by atoms with Crippen molar-refractivity contribution in [2.75, 3.05) is 13.1 Å². The van der Waals surface area contributed by atoms with Gasteiger partial charge in [0.25, 0.3) is 0 Å². The molecule has 1 aromatic heterocycles. The Labute approximate surface area is 145 Å². The molecule has 0 aliphatic carbocycles. The average molecular weight is 345 g/mol. The number of likely N-dealkylation sites (tertiary alicyclic amines) is 1. The molecule has 25 heavy (non-hydrogen) atoms. The molecule has 7 nitrogen and oxygen atoms in total. The SMILES string of the molecule is CCCn1c(=O)n(CCC(=O)N2CCC(C(=O)O)C2)c2ccccc21. The molecule has 134 valence electrons. The van der Waals surface area contributed by atoms with Gasteiger partial charge in [-0.1, -0.05) is 19.1 Å². The minimum absolute atomic E-state index is 0.0945. The van der Waals surface area contributed by atoms with Gasteiger partial charge in [0, 0.05) is 32.6 Å². The zero-order valence-corrected chi connectivity index (χ0v) is 14.4. The van der Waals surface area contributed by atoms with E-state index in [2.05, 4.69) is 0 Å². The summed E-state index contributed by atoms with van der Waals surface area (Å²) in [4.78, 5) is 37.7. The molecule has 1 aromatic carbocycles. The Hall–Kier alpha value is -2.57. The third-order valence-electron chi connectivity index (χ3n) is 4.81. The number of benzene rings is 1. The number of hydrogen-bond acceptors (Lipinski definition) is 3. The second kappa shape index (κ2) is 7.13. The number of imidazole rings is 1. The molecule has 0 bridgehead atoms. The number of carboxylic acids is 1. The lowest BCUT2D eigenvalue weighted by atomic mass is 10.1. The number of para-hydroxylation sites is 2. The number of fused-ring (bicyclic) bond motifs is 1. The first-order valence-electron chi connectivity index (χ1n) is 8.71. The van der Waals surface area contributed by atoms with E-state index < -0.39 is 11.9 Å². The molecule has 7 heteroatoms. The van der Waals surface area contributed by atoms with Crippen molar-refractivity contribution in [2.24, 2.45) is 5.92 Å². The summed E-state index contributed by atoms with van der Waals surface area (Å²) in [5.74, 6) is -1.42. The third kappa shape index (κ3) is 3.31. The maximum atomic E-state index is 12.7. The Morgan fingerprint density at radius 1 is 1.16 bits per heavy atom. The van der Waals surface area contributed by atoms with Crippen LogP contribution in [0.1, 0.15) is 26.2 Å². The van der Waals surface area contributed by atoms with Crippen LogP contribution >= 0.6 is 0 Å². The van der Waals surface area contributed by atoms with Crippen LogP contribution in [0.25, 0.3) is 11.0 Å². The van der Waals surface area contributed by atoms with Crippen LogP contribution in [0.5, 0.6) is 0 Å². The van der Waals surface area contributed by atoms with E-state index in [4.69, 9.17) is 5.11 Å². The van der Waals surface area contributed by atoms with Crippen molar-refractivity contribution in [1.29, 1.82) is 0 Å². The van der Waals surface area contributed by atoms with E-state index in [1.165, 1.54) is 0 Å². The average Bonchev–Trinajstić information content (AvgIpc) is 3.19. The van der Waals surface area contributed by atoms with Crippen molar-refractivity contribution in [3.63, 3.8) is 0 Å². The van der Waals surface area contributed by atoms with Crippen molar-refractivity contribution < 1.29 is 14.7 Å². The van der Waals surface area contributed by atoms with Gasteiger partial charge in [0.2, 0.25) is 5.91 Å². The maximum absolute atomic E-state index is 12.7. The number of amides is 1. The van der Waals surface area contributed by atoms with Gasteiger partial charge >= 0.3 is 11.7 Å². The fraction of sp³-hybridized carbons (Fsp3) is 0.500. The second-order valence-electron chi connectivity index (χ2n) is 6.49. The molecule has 1 saturated heterocycles. The van der Waals surface area contributed by atoms with E-state index in [9.17, 15) is 14.4 Å². The van der Waals surface area contributed by atoms with Crippen LogP contribution in [-0.4, -0.2) is 44.1 Å². The summed E-state index contributed by atoms with van der Waals surface area (Å²) in [5.41, 5.74) is 1.62. The molecule has 0 radical (unpaired) electrons. The summed E-state index contributed by atoms with van der Waals surface area (Å²) in [6.07, 6.45) is 1.56. The highest BCUT2D eigenvalue weighted by Crippen LogP contribution is 2.18. The zero-order valence-electron chi connectivity index (χ0n) is 14.4. The van der Waals surface area contributed by atoms with E-state index in [0.29, 0.717) is 26.1 Å². The van der Waals surface area contributed by atoms with E-state index in [1.807, 2.05) is 31.2 Å². The predicted octanol–water partition coefficient (Wildman–Crippen LogP) is 1.54. The molecule has 0 spiro atoms. The van der Waals surface area contributed by atoms with Crippen LogP contribution < -0.4 is 5.69 Å². The highest BCUT2D eigenvalue weighted by molar-refractivity contribution is 5.79. The molecule has 1 aliphatic heterocycles. The highest BCUT2D eigenvalue weighted by atomic mass is 16.4. The van der Waals surface area contributed by atoms with Gasteiger partial charge in [0.1, 0.15) is 0 Å². The summed E-state index contributed by atoms with van der Waals surface area (Å²) >= 11 is 0. The van der Waals surface area contributed by atoms with Crippen LogP contribution in [0.3, 0.4) is 0 Å². The van der Waals surface area contributed by atoms with Gasteiger partial charge in [0.05, 0.1) is 17.0 Å². The molecule has 2 heterocycles. The number of nitrogens with zero attached hydrogens (tertiary/aromatic N) is 3. The fourth-order valence-corrected chi connectivity index (χ4v) is 3.48. The van der Waals surface area contributed by atoms with Crippen LogP contribution in [0.4, 0.5) is 0 Å². The molecule has 1 unspecified atom stereocenters. The minimum Gasteiger partial charge on any atom is -0.481 e. The minimum atomic E-state index is -0.853. The molecule has 2 aromatic rings. The zero-order chi connectivity index (χ0) is 18.0. The number of carbonyl (C=O) groups excluding carboxylic acids is 1. The van der Waals surface area contributed by atoms with Gasteiger partial charge in [-0.15, -0.1) is 0 Å². The first-order chi connectivity index (χ1) is 12.0. The number of carboxylic acid groups (broad SMARTS) is 1. The summed E-state index contributed by atoms with van der Waals surface area (Å²) in [5, 5.41) is 9.04. The fourth-order valence-electron chi connectivity index (χ4n) is 3.48. The first-order valence-corrected chi connectivity index (χ1v) is 8.71. The van der Waals surface area contributed by atoms with E-state index in [-0.39, 0.29) is 24.6 Å². The van der Waals surface area contributed by atoms with Crippen LogP contribution in [-0.2, 0) is 22.7 Å². The van der Waals surface area contributed by atoms with Gasteiger partial charge in [-0.3, -0.25) is 18.7 Å². The highest BCUT2D eigenvalue weighted by Gasteiger charge is 2.30. The third-order valence-corrected chi connectivity index (χ3v) is 4.81. The van der Waals surface area contributed by atoms with Gasteiger partial charge in [-0.2, -0.15) is 0 Å². The standard InChI is InChI=1S/C18H23N3O4/c1-2-9-20-14-5-3-4-6-15(14)21(18(20)25)11-8-16(22)19-10-7-13(12-19)17(23)24/h3-6,13H,2,7-12H2,1H3,(H,23,24). The van der Waals surface area contributed by atoms with Crippen LogP contribution in [0, 0.1) is 5.92 Å². The lowest BCUT2D eigenvalue weighted by Gasteiger charge is -2.15. The predicted molar refractivity (Wildman–Crippen MR) is 93.4 cm³/mol. The van der Waals surface area contributed by atoms with Crippen molar-refractivity contribution in [3.8, 4) is 0 Å². The Morgan fingerprint density at radius 3 is 2.36 bits per heavy atom. The second-order valence-corrected chi connectivity index (χ2v) is 6.49. The van der Waals surface area contributed by atoms with E-state index in [1.54, 1.807) is 14.0 Å². The lowest BCUT2D eigenvalue weighted by Crippen LogP contribution is -2.32. The molecule has 3 rings (SSSR count). The van der Waals surface area contributed by atoms with Crippen molar-refractivity contribution >= 4 is 22.9 Å². The normalized spacial score (nSPS) is 17.3. The summed E-state index contributed by atoms with van der Waals surface area (Å²) in [7, 11) is 0. The van der Waals surface area contributed by atoms with E-state index >= 15 is 0 Å². The number of aliphatic carboxylic acids is 1. The largest absolute Gasteiger partial charge is 0.481 e. The maximum Gasteiger partial charge on any atom is 0.329 e. The molecular weight excluding hydrogens is 322 g/mol. The quantitative estimate of drug-likeness (QED) is 0.860. The Morgan fingerprint density at radius 2 is 1.80 bits per heavy atom. The van der Waals surface area contributed by atoms with Crippen molar-refractivity contribution in [1.82, 2.24) is 14.0 Å². The molecule has 1 N–H and O–H groups in total. The Balaban J connectivity index is 1.75. The van der Waals surface area contributed by atoms with E-state index in [0.717, 1.165) is 17.5 Å². The van der Waals surface area contributed by atoms with Gasteiger partial charge in [-0.25, -0.2) is 4.79 Å². The van der Waals surface area contributed by atoms with Gasteiger partial charge in [-0.05, 0) is 25.0 Å². The molecule has 1 aliphatic rings. The van der Waals surface area contributed by atoms with Crippen molar-refractivity contribution in [3.05, 3.63) is 34.7 Å². The number of aromatic nitrogens is 2.